The van der Waals surface area contributed by atoms with E-state index in [9.17, 15) is 4.79 Å². The largest absolute Gasteiger partial charge is 0.326 e. The fourth-order valence-corrected chi connectivity index (χ4v) is 1.99. The molecule has 0 aromatic heterocycles. The molecule has 0 fully saturated rings. The maximum Gasteiger partial charge on any atom is 0.224 e. The van der Waals surface area contributed by atoms with Gasteiger partial charge in [0.2, 0.25) is 5.91 Å². The maximum atomic E-state index is 11.1. The van der Waals surface area contributed by atoms with Crippen molar-refractivity contribution >= 4 is 27.5 Å². The van der Waals surface area contributed by atoms with Crippen molar-refractivity contribution in [2.45, 2.75) is 19.8 Å². The molecule has 1 aliphatic heterocycles. The number of carbonyl (C=O) groups is 1. The van der Waals surface area contributed by atoms with E-state index in [4.69, 9.17) is 0 Å². The van der Waals surface area contributed by atoms with Gasteiger partial charge in [-0.3, -0.25) is 4.79 Å². The first-order chi connectivity index (χ1) is 6.18. The maximum absolute atomic E-state index is 11.1. The standard InChI is InChI=1S/C10H10BrNO/c1-6-7-2-5-10(13)12-9(7)4-3-8(6)11/h3-4H,2,5H2,1H3,(H,12,13). The van der Waals surface area contributed by atoms with Crippen molar-refractivity contribution in [1.29, 1.82) is 0 Å². The second kappa shape index (κ2) is 3.14. The number of anilines is 1. The topological polar surface area (TPSA) is 29.1 Å². The summed E-state index contributed by atoms with van der Waals surface area (Å²) in [6.07, 6.45) is 1.46. The minimum absolute atomic E-state index is 0.120. The Bertz CT molecular complexity index is 373. The molecule has 13 heavy (non-hydrogen) atoms. The minimum atomic E-state index is 0.120. The van der Waals surface area contributed by atoms with Gasteiger partial charge >= 0.3 is 0 Å². The molecule has 0 bridgehead atoms. The number of hydrogen-bond acceptors (Lipinski definition) is 1. The van der Waals surface area contributed by atoms with Gasteiger partial charge in [-0.15, -0.1) is 0 Å². The van der Waals surface area contributed by atoms with E-state index in [0.717, 1.165) is 16.6 Å². The Morgan fingerprint density at radius 3 is 2.92 bits per heavy atom. The van der Waals surface area contributed by atoms with Gasteiger partial charge in [-0.2, -0.15) is 0 Å². The summed E-state index contributed by atoms with van der Waals surface area (Å²) < 4.78 is 1.11. The number of hydrogen-bond donors (Lipinski definition) is 1. The number of halogens is 1. The Morgan fingerprint density at radius 2 is 2.15 bits per heavy atom. The monoisotopic (exact) mass is 239 g/mol. The van der Waals surface area contributed by atoms with Crippen LogP contribution in [0.15, 0.2) is 16.6 Å². The van der Waals surface area contributed by atoms with Crippen LogP contribution >= 0.6 is 15.9 Å². The fraction of sp³-hybridized carbons (Fsp3) is 0.300. The van der Waals surface area contributed by atoms with Crippen molar-refractivity contribution in [3.63, 3.8) is 0 Å². The summed E-state index contributed by atoms with van der Waals surface area (Å²) in [5, 5.41) is 2.87. The van der Waals surface area contributed by atoms with Crippen molar-refractivity contribution in [2.24, 2.45) is 0 Å². The fourth-order valence-electron chi connectivity index (χ4n) is 1.62. The third-order valence-electron chi connectivity index (χ3n) is 2.41. The third kappa shape index (κ3) is 1.48. The lowest BCUT2D eigenvalue weighted by Crippen LogP contribution is -2.19. The lowest BCUT2D eigenvalue weighted by atomic mass is 9.98. The van der Waals surface area contributed by atoms with Crippen molar-refractivity contribution in [3.8, 4) is 0 Å². The first-order valence-corrected chi connectivity index (χ1v) is 5.05. The summed E-state index contributed by atoms with van der Waals surface area (Å²) in [4.78, 5) is 11.1. The summed E-state index contributed by atoms with van der Waals surface area (Å²) in [5.41, 5.74) is 3.46. The number of amides is 1. The number of fused-ring (bicyclic) bond motifs is 1. The Balaban J connectivity index is 2.53. The van der Waals surface area contributed by atoms with Gasteiger partial charge < -0.3 is 5.32 Å². The normalized spacial score (nSPS) is 15.1. The summed E-state index contributed by atoms with van der Waals surface area (Å²) in [7, 11) is 0. The minimum Gasteiger partial charge on any atom is -0.326 e. The third-order valence-corrected chi connectivity index (χ3v) is 3.27. The lowest BCUT2D eigenvalue weighted by molar-refractivity contribution is -0.116. The van der Waals surface area contributed by atoms with Crippen LogP contribution in [0, 0.1) is 6.92 Å². The molecule has 0 spiro atoms. The smallest absolute Gasteiger partial charge is 0.224 e. The van der Waals surface area contributed by atoms with Crippen molar-refractivity contribution in [3.05, 3.63) is 27.7 Å². The van der Waals surface area contributed by atoms with E-state index in [1.165, 1.54) is 11.1 Å². The second-order valence-electron chi connectivity index (χ2n) is 3.25. The van der Waals surface area contributed by atoms with Crippen LogP contribution in [0.4, 0.5) is 5.69 Å². The molecule has 0 atom stereocenters. The molecule has 0 saturated carbocycles. The van der Waals surface area contributed by atoms with E-state index in [0.29, 0.717) is 6.42 Å². The van der Waals surface area contributed by atoms with E-state index < -0.39 is 0 Å². The van der Waals surface area contributed by atoms with Gasteiger partial charge in [-0.1, -0.05) is 15.9 Å². The molecular formula is C10H10BrNO. The van der Waals surface area contributed by atoms with Crippen LogP contribution < -0.4 is 5.32 Å². The van der Waals surface area contributed by atoms with E-state index >= 15 is 0 Å². The molecule has 68 valence electrons. The summed E-state index contributed by atoms with van der Waals surface area (Å²) >= 11 is 3.48. The lowest BCUT2D eigenvalue weighted by Gasteiger charge is -2.19. The summed E-state index contributed by atoms with van der Waals surface area (Å²) in [5.74, 6) is 0.120. The average molecular weight is 240 g/mol. The number of benzene rings is 1. The Morgan fingerprint density at radius 1 is 1.38 bits per heavy atom. The molecule has 1 heterocycles. The van der Waals surface area contributed by atoms with Gasteiger partial charge in [-0.25, -0.2) is 0 Å². The second-order valence-corrected chi connectivity index (χ2v) is 4.10. The number of rotatable bonds is 0. The van der Waals surface area contributed by atoms with Crippen LogP contribution in [-0.2, 0) is 11.2 Å². The SMILES string of the molecule is Cc1c(Br)ccc2c1CCC(=O)N2. The van der Waals surface area contributed by atoms with Crippen molar-refractivity contribution in [1.82, 2.24) is 0 Å². The first kappa shape index (κ1) is 8.75. The molecule has 3 heteroatoms. The van der Waals surface area contributed by atoms with Crippen LogP contribution in [0.2, 0.25) is 0 Å². The highest BCUT2D eigenvalue weighted by Crippen LogP contribution is 2.30. The predicted octanol–water partition coefficient (Wildman–Crippen LogP) is 2.64. The van der Waals surface area contributed by atoms with Crippen LogP contribution in [0.5, 0.6) is 0 Å². The van der Waals surface area contributed by atoms with Crippen LogP contribution in [0.1, 0.15) is 17.5 Å². The van der Waals surface area contributed by atoms with Gasteiger partial charge in [-0.05, 0) is 36.6 Å². The number of nitrogens with one attached hydrogen (secondary N) is 1. The molecule has 1 aliphatic rings. The summed E-state index contributed by atoms with van der Waals surface area (Å²) in [6.45, 7) is 2.07. The van der Waals surface area contributed by atoms with Gasteiger partial charge in [0.1, 0.15) is 0 Å². The van der Waals surface area contributed by atoms with Crippen LogP contribution in [-0.4, -0.2) is 5.91 Å². The zero-order valence-electron chi connectivity index (χ0n) is 7.36. The van der Waals surface area contributed by atoms with Crippen LogP contribution in [0.25, 0.3) is 0 Å². The Hall–Kier alpha value is -0.830. The van der Waals surface area contributed by atoms with Gasteiger partial charge in [0.25, 0.3) is 0 Å². The molecule has 0 unspecified atom stereocenters. The molecule has 1 aromatic rings. The first-order valence-electron chi connectivity index (χ1n) is 4.26. The van der Waals surface area contributed by atoms with E-state index in [1.54, 1.807) is 0 Å². The molecule has 1 aromatic carbocycles. The zero-order valence-corrected chi connectivity index (χ0v) is 8.94. The van der Waals surface area contributed by atoms with Gasteiger partial charge in [0.05, 0.1) is 0 Å². The highest BCUT2D eigenvalue weighted by atomic mass is 79.9. The molecule has 0 aliphatic carbocycles. The molecule has 0 saturated heterocycles. The van der Waals surface area contributed by atoms with Gasteiger partial charge in [0, 0.05) is 16.6 Å². The Kier molecular flexibility index (Phi) is 2.12. The van der Waals surface area contributed by atoms with Crippen molar-refractivity contribution < 1.29 is 4.79 Å². The predicted molar refractivity (Wildman–Crippen MR) is 55.8 cm³/mol. The van der Waals surface area contributed by atoms with Crippen molar-refractivity contribution in [2.75, 3.05) is 5.32 Å². The molecule has 2 rings (SSSR count). The molecule has 1 N–H and O–H groups in total. The average Bonchev–Trinajstić information content (AvgIpc) is 2.12. The quantitative estimate of drug-likeness (QED) is 0.742. The van der Waals surface area contributed by atoms with E-state index in [2.05, 4.69) is 28.2 Å². The molecule has 0 radical (unpaired) electrons. The highest BCUT2D eigenvalue weighted by Gasteiger charge is 2.16. The van der Waals surface area contributed by atoms with Crippen LogP contribution in [0.3, 0.4) is 0 Å². The molecule has 2 nitrogen and oxygen atoms in total. The van der Waals surface area contributed by atoms with E-state index in [-0.39, 0.29) is 5.91 Å². The van der Waals surface area contributed by atoms with E-state index in [1.807, 2.05) is 12.1 Å². The zero-order chi connectivity index (χ0) is 9.42. The highest BCUT2D eigenvalue weighted by molar-refractivity contribution is 9.10. The Labute approximate surface area is 85.5 Å². The molecular weight excluding hydrogens is 230 g/mol. The van der Waals surface area contributed by atoms with Gasteiger partial charge in [0.15, 0.2) is 0 Å². The number of carbonyl (C=O) groups excluding carboxylic acids is 1. The molecule has 1 amide bonds. The summed E-state index contributed by atoms with van der Waals surface area (Å²) in [6, 6.07) is 3.92.